The highest BCUT2D eigenvalue weighted by molar-refractivity contribution is 6.30. The van der Waals surface area contributed by atoms with Gasteiger partial charge in [-0.25, -0.2) is 4.79 Å². The number of urea groups is 1. The van der Waals surface area contributed by atoms with Gasteiger partial charge in [-0.3, -0.25) is 4.79 Å². The number of nitrogens with zero attached hydrogens (tertiary/aromatic N) is 1. The number of likely N-dealkylation sites (tertiary alicyclic amines) is 1. The zero-order valence-corrected chi connectivity index (χ0v) is 12.6. The minimum absolute atomic E-state index is 0.0876. The fourth-order valence-corrected chi connectivity index (χ4v) is 2.70. The molecule has 23 heavy (non-hydrogen) atoms. The van der Waals surface area contributed by atoms with Crippen LogP contribution in [0.25, 0.3) is 0 Å². The van der Waals surface area contributed by atoms with Crippen LogP contribution >= 0.6 is 11.6 Å². The summed E-state index contributed by atoms with van der Waals surface area (Å²) in [6, 6.07) is 5.92. The van der Waals surface area contributed by atoms with E-state index in [2.05, 4.69) is 5.32 Å². The highest BCUT2D eigenvalue weighted by Gasteiger charge is 2.53. The third kappa shape index (κ3) is 4.28. The number of aliphatic carboxylic acids is 1. The number of carbonyl (C=O) groups is 2. The van der Waals surface area contributed by atoms with Gasteiger partial charge in [0.2, 0.25) is 0 Å². The van der Waals surface area contributed by atoms with Crippen LogP contribution in [0.2, 0.25) is 5.02 Å². The molecule has 2 amide bonds. The molecule has 126 valence electrons. The number of benzene rings is 1. The summed E-state index contributed by atoms with van der Waals surface area (Å²) < 4.78 is 38.6. The Morgan fingerprint density at radius 1 is 1.35 bits per heavy atom. The van der Waals surface area contributed by atoms with E-state index in [0.29, 0.717) is 10.6 Å². The summed E-state index contributed by atoms with van der Waals surface area (Å²) in [4.78, 5) is 23.8. The maximum atomic E-state index is 12.9. The van der Waals surface area contributed by atoms with E-state index in [1.165, 1.54) is 0 Å². The molecular formula is C14H14ClF3N2O3. The number of rotatable bonds is 3. The van der Waals surface area contributed by atoms with Crippen LogP contribution in [-0.2, 0) is 11.3 Å². The Morgan fingerprint density at radius 3 is 2.57 bits per heavy atom. The van der Waals surface area contributed by atoms with Gasteiger partial charge < -0.3 is 15.3 Å². The van der Waals surface area contributed by atoms with Gasteiger partial charge in [-0.15, -0.1) is 0 Å². The van der Waals surface area contributed by atoms with E-state index < -0.39 is 43.1 Å². The van der Waals surface area contributed by atoms with Crippen molar-refractivity contribution in [3.63, 3.8) is 0 Å². The van der Waals surface area contributed by atoms with Crippen LogP contribution in [0.5, 0.6) is 0 Å². The molecule has 1 saturated heterocycles. The molecule has 0 saturated carbocycles. The van der Waals surface area contributed by atoms with Gasteiger partial charge in [0.15, 0.2) is 0 Å². The van der Waals surface area contributed by atoms with Crippen molar-refractivity contribution in [1.29, 1.82) is 0 Å². The maximum Gasteiger partial charge on any atom is 0.394 e. The normalized spacial score (nSPS) is 21.3. The number of hydrogen-bond acceptors (Lipinski definition) is 2. The van der Waals surface area contributed by atoms with E-state index in [0.717, 1.165) is 4.90 Å². The third-order valence-corrected chi connectivity index (χ3v) is 3.91. The topological polar surface area (TPSA) is 69.6 Å². The second-order valence-corrected chi connectivity index (χ2v) is 5.72. The Morgan fingerprint density at radius 2 is 2.04 bits per heavy atom. The standard InChI is InChI=1S/C14H14ClF3N2O3/c15-9-3-1-2-8(4-9)5-19-13(23)20-6-10(12(21)22)11(7-20)14(16,17)18/h1-4,10-11H,5-7H2,(H,19,23)(H,21,22)/t10-,11-/m1/s1. The van der Waals surface area contributed by atoms with Gasteiger partial charge >= 0.3 is 18.2 Å². The van der Waals surface area contributed by atoms with Gasteiger partial charge in [-0.1, -0.05) is 23.7 Å². The molecule has 2 N–H and O–H groups in total. The molecular weight excluding hydrogens is 337 g/mol. The van der Waals surface area contributed by atoms with Gasteiger partial charge in [0.1, 0.15) is 0 Å². The Balaban J connectivity index is 1.99. The van der Waals surface area contributed by atoms with Crippen LogP contribution in [0, 0.1) is 11.8 Å². The van der Waals surface area contributed by atoms with Crippen LogP contribution in [0.1, 0.15) is 5.56 Å². The minimum atomic E-state index is -4.66. The first kappa shape index (κ1) is 17.4. The van der Waals surface area contributed by atoms with Crippen molar-refractivity contribution >= 4 is 23.6 Å². The van der Waals surface area contributed by atoms with E-state index in [9.17, 15) is 22.8 Å². The molecule has 5 nitrogen and oxygen atoms in total. The van der Waals surface area contributed by atoms with Gasteiger partial charge in [0.05, 0.1) is 11.8 Å². The molecule has 1 heterocycles. The predicted octanol–water partition coefficient (Wildman–Crippen LogP) is 2.74. The molecule has 2 rings (SSSR count). The molecule has 9 heteroatoms. The van der Waals surface area contributed by atoms with Gasteiger partial charge in [-0.2, -0.15) is 13.2 Å². The molecule has 0 aromatic heterocycles. The summed E-state index contributed by atoms with van der Waals surface area (Å²) in [5.41, 5.74) is 0.687. The average Bonchev–Trinajstić information content (AvgIpc) is 2.90. The van der Waals surface area contributed by atoms with Gasteiger partial charge in [-0.05, 0) is 17.7 Å². The number of alkyl halides is 3. The first-order valence-electron chi connectivity index (χ1n) is 6.75. The number of carbonyl (C=O) groups excluding carboxylic acids is 1. The fourth-order valence-electron chi connectivity index (χ4n) is 2.49. The minimum Gasteiger partial charge on any atom is -0.481 e. The zero-order valence-electron chi connectivity index (χ0n) is 11.8. The number of carboxylic acids is 1. The van der Waals surface area contributed by atoms with E-state index in [1.807, 2.05) is 0 Å². The highest BCUT2D eigenvalue weighted by atomic mass is 35.5. The lowest BCUT2D eigenvalue weighted by Gasteiger charge is -2.18. The van der Waals surface area contributed by atoms with Crippen molar-refractivity contribution in [3.8, 4) is 0 Å². The molecule has 0 spiro atoms. The number of carboxylic acid groups (broad SMARTS) is 1. The van der Waals surface area contributed by atoms with Crippen molar-refractivity contribution in [1.82, 2.24) is 10.2 Å². The number of hydrogen-bond donors (Lipinski definition) is 2. The van der Waals surface area contributed by atoms with E-state index in [-0.39, 0.29) is 6.54 Å². The third-order valence-electron chi connectivity index (χ3n) is 3.68. The number of nitrogens with one attached hydrogen (secondary N) is 1. The molecule has 0 unspecified atom stereocenters. The fraction of sp³-hybridized carbons (Fsp3) is 0.429. The molecule has 1 aliphatic heterocycles. The van der Waals surface area contributed by atoms with Crippen LogP contribution in [0.4, 0.5) is 18.0 Å². The van der Waals surface area contributed by atoms with Crippen LogP contribution in [-0.4, -0.2) is 41.3 Å². The average molecular weight is 351 g/mol. The second kappa shape index (κ2) is 6.66. The van der Waals surface area contributed by atoms with Crippen molar-refractivity contribution in [2.45, 2.75) is 12.7 Å². The predicted molar refractivity (Wildman–Crippen MR) is 75.9 cm³/mol. The molecule has 1 fully saturated rings. The number of amides is 2. The molecule has 0 aliphatic carbocycles. The lowest BCUT2D eigenvalue weighted by Crippen LogP contribution is -2.39. The highest BCUT2D eigenvalue weighted by Crippen LogP contribution is 2.37. The van der Waals surface area contributed by atoms with E-state index in [4.69, 9.17) is 16.7 Å². The quantitative estimate of drug-likeness (QED) is 0.880. The zero-order chi connectivity index (χ0) is 17.2. The SMILES string of the molecule is O=C(O)[C@@H]1CN(C(=O)NCc2cccc(Cl)c2)C[C@H]1C(F)(F)F. The Bertz CT molecular complexity index is 609. The van der Waals surface area contributed by atoms with Gasteiger partial charge in [0.25, 0.3) is 0 Å². The summed E-state index contributed by atoms with van der Waals surface area (Å²) in [6.07, 6.45) is -4.66. The van der Waals surface area contributed by atoms with E-state index >= 15 is 0 Å². The summed E-state index contributed by atoms with van der Waals surface area (Å²) in [5.74, 6) is -5.26. The number of halogens is 4. The van der Waals surface area contributed by atoms with Gasteiger partial charge in [0, 0.05) is 24.7 Å². The van der Waals surface area contributed by atoms with Crippen molar-refractivity contribution in [3.05, 3.63) is 34.9 Å². The molecule has 1 aromatic carbocycles. The lowest BCUT2D eigenvalue weighted by molar-refractivity contribution is -0.187. The van der Waals surface area contributed by atoms with Crippen LogP contribution < -0.4 is 5.32 Å². The maximum absolute atomic E-state index is 12.9. The lowest BCUT2D eigenvalue weighted by atomic mass is 9.96. The smallest absolute Gasteiger partial charge is 0.394 e. The molecule has 2 atom stereocenters. The summed E-state index contributed by atoms with van der Waals surface area (Å²) in [7, 11) is 0. The monoisotopic (exact) mass is 350 g/mol. The molecule has 0 radical (unpaired) electrons. The second-order valence-electron chi connectivity index (χ2n) is 5.29. The van der Waals surface area contributed by atoms with E-state index in [1.54, 1.807) is 24.3 Å². The largest absolute Gasteiger partial charge is 0.481 e. The van der Waals surface area contributed by atoms with Crippen molar-refractivity contribution in [2.24, 2.45) is 11.8 Å². The first-order chi connectivity index (χ1) is 10.7. The summed E-state index contributed by atoms with van der Waals surface area (Å²) in [6.45, 7) is -1.05. The van der Waals surface area contributed by atoms with Crippen molar-refractivity contribution < 1.29 is 27.9 Å². The summed E-state index contributed by atoms with van der Waals surface area (Å²) in [5, 5.41) is 11.9. The van der Waals surface area contributed by atoms with Crippen molar-refractivity contribution in [2.75, 3.05) is 13.1 Å². The Hall–Kier alpha value is -1.96. The Labute approximate surface area is 135 Å². The first-order valence-corrected chi connectivity index (χ1v) is 7.13. The molecule has 1 aromatic rings. The molecule has 1 aliphatic rings. The van der Waals surface area contributed by atoms with Crippen LogP contribution in [0.3, 0.4) is 0 Å². The molecule has 0 bridgehead atoms. The van der Waals surface area contributed by atoms with Crippen LogP contribution in [0.15, 0.2) is 24.3 Å². The summed E-state index contributed by atoms with van der Waals surface area (Å²) >= 11 is 5.80. The Kier molecular flexibility index (Phi) is 5.03.